The Balaban J connectivity index is 2.07. The summed E-state index contributed by atoms with van der Waals surface area (Å²) in [5.41, 5.74) is 0. The molecule has 3 aliphatic rings. The van der Waals surface area contributed by atoms with Gasteiger partial charge < -0.3 is 9.69 Å². The summed E-state index contributed by atoms with van der Waals surface area (Å²) in [5, 5.41) is 0. The van der Waals surface area contributed by atoms with E-state index in [2.05, 4.69) is 4.90 Å². The molecule has 0 unspecified atom stereocenters. The number of hydrogen-bond acceptors (Lipinski definition) is 2. The highest BCUT2D eigenvalue weighted by Gasteiger charge is 2.33. The van der Waals surface area contributed by atoms with Gasteiger partial charge in [0.2, 0.25) is 0 Å². The van der Waals surface area contributed by atoms with E-state index in [0.29, 0.717) is 5.92 Å². The molecule has 0 spiro atoms. The molecule has 2 bridgehead atoms. The summed E-state index contributed by atoms with van der Waals surface area (Å²) in [6.07, 6.45) is 3.66. The number of carbonyl (C=O) groups excluding carboxylic acids is 1. The standard InChI is InChI=1S/C8H13NO/c10-6-8-5-9-3-1-7(8)2-4-9/h6-8H,1-5H2/t8-/m0/s1. The Labute approximate surface area is 61.2 Å². The molecule has 0 radical (unpaired) electrons. The third-order valence-corrected chi connectivity index (χ3v) is 2.88. The zero-order chi connectivity index (χ0) is 6.97. The van der Waals surface area contributed by atoms with E-state index >= 15 is 0 Å². The van der Waals surface area contributed by atoms with Crippen molar-refractivity contribution in [3.8, 4) is 0 Å². The van der Waals surface area contributed by atoms with Crippen LogP contribution in [-0.2, 0) is 4.79 Å². The minimum atomic E-state index is 0.363. The molecular weight excluding hydrogens is 126 g/mol. The highest BCUT2D eigenvalue weighted by Crippen LogP contribution is 2.30. The fraction of sp³-hybridized carbons (Fsp3) is 0.875. The van der Waals surface area contributed by atoms with E-state index in [1.165, 1.54) is 25.9 Å². The Kier molecular flexibility index (Phi) is 1.49. The molecule has 3 saturated heterocycles. The summed E-state index contributed by atoms with van der Waals surface area (Å²) >= 11 is 0. The van der Waals surface area contributed by atoms with Crippen molar-refractivity contribution in [1.29, 1.82) is 0 Å². The van der Waals surface area contributed by atoms with Crippen LogP contribution in [0.1, 0.15) is 12.8 Å². The van der Waals surface area contributed by atoms with Crippen molar-refractivity contribution in [2.75, 3.05) is 19.6 Å². The normalized spacial score (nSPS) is 45.4. The van der Waals surface area contributed by atoms with Gasteiger partial charge in [0, 0.05) is 12.5 Å². The van der Waals surface area contributed by atoms with Gasteiger partial charge in [-0.25, -0.2) is 0 Å². The van der Waals surface area contributed by atoms with Crippen molar-refractivity contribution < 1.29 is 4.79 Å². The summed E-state index contributed by atoms with van der Waals surface area (Å²) in [5.74, 6) is 1.09. The summed E-state index contributed by atoms with van der Waals surface area (Å²) in [4.78, 5) is 12.9. The lowest BCUT2D eigenvalue weighted by molar-refractivity contribution is -0.116. The lowest BCUT2D eigenvalue weighted by Crippen LogP contribution is -2.47. The fourth-order valence-corrected chi connectivity index (χ4v) is 2.17. The highest BCUT2D eigenvalue weighted by atomic mass is 16.1. The van der Waals surface area contributed by atoms with Crippen molar-refractivity contribution in [3.05, 3.63) is 0 Å². The smallest absolute Gasteiger partial charge is 0.124 e. The maximum absolute atomic E-state index is 10.5. The van der Waals surface area contributed by atoms with E-state index in [1.807, 2.05) is 0 Å². The largest absolute Gasteiger partial charge is 0.303 e. The monoisotopic (exact) mass is 139 g/mol. The Morgan fingerprint density at radius 1 is 1.30 bits per heavy atom. The van der Waals surface area contributed by atoms with Crippen molar-refractivity contribution in [3.63, 3.8) is 0 Å². The summed E-state index contributed by atoms with van der Waals surface area (Å²) in [7, 11) is 0. The summed E-state index contributed by atoms with van der Waals surface area (Å²) in [6.45, 7) is 3.50. The van der Waals surface area contributed by atoms with Crippen LogP contribution in [0.3, 0.4) is 0 Å². The van der Waals surface area contributed by atoms with Crippen LogP contribution in [-0.4, -0.2) is 30.8 Å². The van der Waals surface area contributed by atoms with Crippen LogP contribution in [0.2, 0.25) is 0 Å². The lowest BCUT2D eigenvalue weighted by atomic mass is 9.80. The third kappa shape index (κ3) is 0.870. The van der Waals surface area contributed by atoms with Gasteiger partial charge in [0.05, 0.1) is 0 Å². The first-order valence-corrected chi connectivity index (χ1v) is 4.08. The number of hydrogen-bond donors (Lipinski definition) is 0. The molecule has 0 amide bonds. The molecule has 0 saturated carbocycles. The van der Waals surface area contributed by atoms with Gasteiger partial charge in [0.1, 0.15) is 6.29 Å². The molecule has 3 heterocycles. The highest BCUT2D eigenvalue weighted by molar-refractivity contribution is 5.55. The van der Waals surface area contributed by atoms with Gasteiger partial charge in [0.25, 0.3) is 0 Å². The Morgan fingerprint density at radius 3 is 2.30 bits per heavy atom. The average molecular weight is 139 g/mol. The number of rotatable bonds is 1. The molecule has 2 nitrogen and oxygen atoms in total. The van der Waals surface area contributed by atoms with Crippen LogP contribution in [0, 0.1) is 11.8 Å². The second-order valence-corrected chi connectivity index (χ2v) is 3.44. The van der Waals surface area contributed by atoms with Crippen molar-refractivity contribution in [1.82, 2.24) is 4.90 Å². The van der Waals surface area contributed by atoms with Crippen LogP contribution < -0.4 is 0 Å². The van der Waals surface area contributed by atoms with Crippen LogP contribution in [0.5, 0.6) is 0 Å². The maximum Gasteiger partial charge on any atom is 0.124 e. The Bertz CT molecular complexity index is 138. The average Bonchev–Trinajstić information content (AvgIpc) is 2.06. The van der Waals surface area contributed by atoms with Gasteiger partial charge in [0.15, 0.2) is 0 Å². The first-order chi connectivity index (χ1) is 4.90. The van der Waals surface area contributed by atoms with Gasteiger partial charge in [-0.1, -0.05) is 0 Å². The van der Waals surface area contributed by atoms with Crippen molar-refractivity contribution in [2.24, 2.45) is 11.8 Å². The fourth-order valence-electron chi connectivity index (χ4n) is 2.17. The van der Waals surface area contributed by atoms with Crippen LogP contribution >= 0.6 is 0 Å². The van der Waals surface area contributed by atoms with E-state index in [4.69, 9.17) is 0 Å². The van der Waals surface area contributed by atoms with Gasteiger partial charge in [-0.3, -0.25) is 0 Å². The Morgan fingerprint density at radius 2 is 2.00 bits per heavy atom. The van der Waals surface area contributed by atoms with Gasteiger partial charge >= 0.3 is 0 Å². The maximum atomic E-state index is 10.5. The zero-order valence-electron chi connectivity index (χ0n) is 6.12. The van der Waals surface area contributed by atoms with E-state index in [0.717, 1.165) is 18.7 Å². The number of piperidine rings is 3. The molecule has 56 valence electrons. The molecule has 3 aliphatic heterocycles. The van der Waals surface area contributed by atoms with Gasteiger partial charge in [-0.05, 0) is 31.8 Å². The molecular formula is C8H13NO. The van der Waals surface area contributed by atoms with Gasteiger partial charge in [-0.15, -0.1) is 0 Å². The minimum Gasteiger partial charge on any atom is -0.303 e. The topological polar surface area (TPSA) is 20.3 Å². The van der Waals surface area contributed by atoms with Crippen LogP contribution in [0.4, 0.5) is 0 Å². The van der Waals surface area contributed by atoms with Crippen LogP contribution in [0.25, 0.3) is 0 Å². The number of carbonyl (C=O) groups is 1. The molecule has 0 aromatic carbocycles. The van der Waals surface area contributed by atoms with Crippen molar-refractivity contribution >= 4 is 6.29 Å². The second-order valence-electron chi connectivity index (χ2n) is 3.44. The van der Waals surface area contributed by atoms with Gasteiger partial charge in [-0.2, -0.15) is 0 Å². The van der Waals surface area contributed by atoms with Crippen LogP contribution in [0.15, 0.2) is 0 Å². The molecule has 3 fully saturated rings. The minimum absolute atomic E-state index is 0.363. The summed E-state index contributed by atoms with van der Waals surface area (Å²) in [6, 6.07) is 0. The lowest BCUT2D eigenvalue weighted by Gasteiger charge is -2.42. The molecule has 0 aromatic rings. The third-order valence-electron chi connectivity index (χ3n) is 2.88. The predicted molar refractivity (Wildman–Crippen MR) is 38.7 cm³/mol. The first kappa shape index (κ1) is 6.35. The number of fused-ring (bicyclic) bond motifs is 3. The molecule has 3 rings (SSSR count). The first-order valence-electron chi connectivity index (χ1n) is 4.08. The quantitative estimate of drug-likeness (QED) is 0.494. The van der Waals surface area contributed by atoms with E-state index in [-0.39, 0.29) is 0 Å². The molecule has 1 atom stereocenters. The second kappa shape index (κ2) is 2.35. The zero-order valence-corrected chi connectivity index (χ0v) is 6.12. The summed E-state index contributed by atoms with van der Waals surface area (Å²) < 4.78 is 0. The molecule has 0 aliphatic carbocycles. The number of nitrogens with zero attached hydrogens (tertiary/aromatic N) is 1. The molecule has 2 heteroatoms. The predicted octanol–water partition coefficient (Wildman–Crippen LogP) is 0.527. The number of aldehydes is 1. The van der Waals surface area contributed by atoms with E-state index in [1.54, 1.807) is 0 Å². The molecule has 10 heavy (non-hydrogen) atoms. The molecule has 0 N–H and O–H groups in total. The SMILES string of the molecule is O=C[C@@H]1CN2CCC1CC2. The molecule has 0 aromatic heterocycles. The Hall–Kier alpha value is -0.370. The van der Waals surface area contributed by atoms with Crippen molar-refractivity contribution in [2.45, 2.75) is 12.8 Å². The van der Waals surface area contributed by atoms with E-state index < -0.39 is 0 Å². The van der Waals surface area contributed by atoms with E-state index in [9.17, 15) is 4.79 Å².